The highest BCUT2D eigenvalue weighted by molar-refractivity contribution is 7.89. The molecule has 1 amide bonds. The summed E-state index contributed by atoms with van der Waals surface area (Å²) in [5.41, 5.74) is 1.36. The molecule has 0 aliphatic carbocycles. The van der Waals surface area contributed by atoms with E-state index in [4.69, 9.17) is 9.15 Å². The number of ether oxygens (including phenoxy) is 1. The standard InChI is InChI=1S/C25H37N5O5S/c1-17-12-21(34-5)13-18(2)24(17)36(32,33)26-14-23-27-22(16-35-23)25(31)30-11-8-20(15-30)29(4)19-6-9-28(3)10-7-19/h12-13,16,19-20,26H,6-11,14-15H2,1-5H3. The molecule has 1 aromatic carbocycles. The lowest BCUT2D eigenvalue weighted by molar-refractivity contribution is 0.0747. The van der Waals surface area contributed by atoms with Crippen LogP contribution in [0.1, 0.15) is 46.8 Å². The molecular weight excluding hydrogens is 482 g/mol. The number of carbonyl (C=O) groups is 1. The Morgan fingerprint density at radius 1 is 1.17 bits per heavy atom. The zero-order chi connectivity index (χ0) is 26.0. The monoisotopic (exact) mass is 519 g/mol. The number of aromatic nitrogens is 1. The first-order valence-corrected chi connectivity index (χ1v) is 13.9. The van der Waals surface area contributed by atoms with Gasteiger partial charge in [0.25, 0.3) is 5.91 Å². The molecule has 3 heterocycles. The van der Waals surface area contributed by atoms with Crippen LogP contribution in [-0.2, 0) is 16.6 Å². The van der Waals surface area contributed by atoms with Crippen molar-refractivity contribution in [1.82, 2.24) is 24.4 Å². The molecule has 4 rings (SSSR count). The number of carbonyl (C=O) groups excluding carboxylic acids is 1. The van der Waals surface area contributed by atoms with E-state index >= 15 is 0 Å². The van der Waals surface area contributed by atoms with Gasteiger partial charge < -0.3 is 19.0 Å². The van der Waals surface area contributed by atoms with Crippen LogP contribution in [0.25, 0.3) is 0 Å². The van der Waals surface area contributed by atoms with Crippen molar-refractivity contribution in [2.24, 2.45) is 0 Å². The van der Waals surface area contributed by atoms with Gasteiger partial charge in [-0.3, -0.25) is 9.69 Å². The van der Waals surface area contributed by atoms with E-state index in [-0.39, 0.29) is 28.9 Å². The van der Waals surface area contributed by atoms with Crippen molar-refractivity contribution in [2.75, 3.05) is 47.4 Å². The lowest BCUT2D eigenvalue weighted by Gasteiger charge is -2.38. The first kappa shape index (κ1) is 26.6. The Morgan fingerprint density at radius 2 is 1.81 bits per heavy atom. The molecule has 36 heavy (non-hydrogen) atoms. The van der Waals surface area contributed by atoms with Crippen molar-refractivity contribution in [3.8, 4) is 5.75 Å². The molecule has 2 aromatic rings. The summed E-state index contributed by atoms with van der Waals surface area (Å²) in [5, 5.41) is 0. The number of likely N-dealkylation sites (N-methyl/N-ethyl adjacent to an activating group) is 1. The van der Waals surface area contributed by atoms with Crippen LogP contribution in [0.15, 0.2) is 27.7 Å². The summed E-state index contributed by atoms with van der Waals surface area (Å²) in [4.78, 5) is 24.1. The zero-order valence-corrected chi connectivity index (χ0v) is 22.6. The van der Waals surface area contributed by atoms with Gasteiger partial charge in [-0.15, -0.1) is 0 Å². The third-order valence-corrected chi connectivity index (χ3v) is 9.12. The third kappa shape index (κ3) is 5.74. The van der Waals surface area contributed by atoms with Gasteiger partial charge in [-0.1, -0.05) is 0 Å². The molecule has 1 atom stereocenters. The van der Waals surface area contributed by atoms with Crippen LogP contribution in [0.2, 0.25) is 0 Å². The van der Waals surface area contributed by atoms with Gasteiger partial charge in [0, 0.05) is 25.2 Å². The van der Waals surface area contributed by atoms with E-state index in [0.29, 0.717) is 42.0 Å². The average molecular weight is 520 g/mol. The van der Waals surface area contributed by atoms with E-state index in [1.807, 2.05) is 4.90 Å². The van der Waals surface area contributed by atoms with Gasteiger partial charge >= 0.3 is 0 Å². The number of piperidine rings is 1. The van der Waals surface area contributed by atoms with Crippen molar-refractivity contribution < 1.29 is 22.4 Å². The summed E-state index contributed by atoms with van der Waals surface area (Å²) >= 11 is 0. The quantitative estimate of drug-likeness (QED) is 0.564. The summed E-state index contributed by atoms with van der Waals surface area (Å²) in [7, 11) is 2.05. The van der Waals surface area contributed by atoms with Crippen LogP contribution in [-0.4, -0.2) is 93.5 Å². The van der Waals surface area contributed by atoms with E-state index in [0.717, 1.165) is 32.4 Å². The minimum Gasteiger partial charge on any atom is -0.497 e. The normalized spacial score (nSPS) is 19.8. The van der Waals surface area contributed by atoms with E-state index in [1.165, 1.54) is 13.4 Å². The Balaban J connectivity index is 1.35. The van der Waals surface area contributed by atoms with Gasteiger partial charge in [-0.05, 0) is 83.6 Å². The predicted octanol–water partition coefficient (Wildman–Crippen LogP) is 2.02. The number of likely N-dealkylation sites (tertiary alicyclic amines) is 2. The van der Waals surface area contributed by atoms with Gasteiger partial charge in [0.05, 0.1) is 18.6 Å². The lowest BCUT2D eigenvalue weighted by atomic mass is 10.0. The van der Waals surface area contributed by atoms with Gasteiger partial charge in [-0.25, -0.2) is 18.1 Å². The first-order valence-electron chi connectivity index (χ1n) is 12.4. The van der Waals surface area contributed by atoms with E-state index in [9.17, 15) is 13.2 Å². The lowest BCUT2D eigenvalue weighted by Crippen LogP contribution is -2.47. The Bertz CT molecular complexity index is 1170. The van der Waals surface area contributed by atoms with Gasteiger partial charge in [0.15, 0.2) is 5.69 Å². The van der Waals surface area contributed by atoms with Crippen molar-refractivity contribution in [1.29, 1.82) is 0 Å². The van der Waals surface area contributed by atoms with Crippen LogP contribution < -0.4 is 9.46 Å². The molecule has 2 saturated heterocycles. The van der Waals surface area contributed by atoms with E-state index in [1.54, 1.807) is 26.0 Å². The SMILES string of the molecule is COc1cc(C)c(S(=O)(=O)NCc2nc(C(=O)N3CCC(N(C)C4CCN(C)CC4)C3)co2)c(C)c1. The van der Waals surface area contributed by atoms with Crippen molar-refractivity contribution in [2.45, 2.75) is 56.6 Å². The van der Waals surface area contributed by atoms with Crippen LogP contribution in [0.4, 0.5) is 0 Å². The van der Waals surface area contributed by atoms with Gasteiger partial charge in [-0.2, -0.15) is 0 Å². The number of sulfonamides is 1. The summed E-state index contributed by atoms with van der Waals surface area (Å²) < 4.78 is 39.1. The minimum atomic E-state index is -3.81. The van der Waals surface area contributed by atoms with Crippen LogP contribution in [0.3, 0.4) is 0 Å². The van der Waals surface area contributed by atoms with Crippen LogP contribution >= 0.6 is 0 Å². The maximum Gasteiger partial charge on any atom is 0.275 e. The second-order valence-electron chi connectivity index (χ2n) is 9.93. The Kier molecular flexibility index (Phi) is 8.03. The average Bonchev–Trinajstić information content (AvgIpc) is 3.52. The van der Waals surface area contributed by atoms with Crippen molar-refractivity contribution >= 4 is 15.9 Å². The fourth-order valence-corrected chi connectivity index (χ4v) is 6.72. The van der Waals surface area contributed by atoms with E-state index < -0.39 is 10.0 Å². The second-order valence-corrected chi connectivity index (χ2v) is 11.6. The summed E-state index contributed by atoms with van der Waals surface area (Å²) in [6.45, 7) is 6.83. The van der Waals surface area contributed by atoms with Crippen LogP contribution in [0, 0.1) is 13.8 Å². The first-order chi connectivity index (χ1) is 17.1. The fourth-order valence-electron chi connectivity index (χ4n) is 5.29. The van der Waals surface area contributed by atoms with Crippen molar-refractivity contribution in [3.63, 3.8) is 0 Å². The summed E-state index contributed by atoms with van der Waals surface area (Å²) in [6, 6.07) is 4.23. The number of aryl methyl sites for hydroxylation is 2. The topological polar surface area (TPSA) is 108 Å². The van der Waals surface area contributed by atoms with Gasteiger partial charge in [0.2, 0.25) is 15.9 Å². The highest BCUT2D eigenvalue weighted by Gasteiger charge is 2.34. The number of amides is 1. The molecule has 2 fully saturated rings. The Labute approximate surface area is 213 Å². The molecule has 0 bridgehead atoms. The van der Waals surface area contributed by atoms with Gasteiger partial charge in [0.1, 0.15) is 12.0 Å². The Morgan fingerprint density at radius 3 is 2.44 bits per heavy atom. The van der Waals surface area contributed by atoms with E-state index in [2.05, 4.69) is 33.6 Å². The molecule has 11 heteroatoms. The molecule has 2 aliphatic rings. The molecule has 2 aliphatic heterocycles. The molecule has 1 unspecified atom stereocenters. The predicted molar refractivity (Wildman–Crippen MR) is 136 cm³/mol. The number of hydrogen-bond acceptors (Lipinski definition) is 8. The third-order valence-electron chi connectivity index (χ3n) is 7.41. The second kappa shape index (κ2) is 10.9. The number of nitrogens with one attached hydrogen (secondary N) is 1. The highest BCUT2D eigenvalue weighted by atomic mass is 32.2. The molecule has 198 valence electrons. The van der Waals surface area contributed by atoms with Crippen LogP contribution in [0.5, 0.6) is 5.75 Å². The number of methoxy groups -OCH3 is 1. The maximum absolute atomic E-state index is 13.0. The number of oxazole rings is 1. The molecule has 1 N–H and O–H groups in total. The molecular formula is C25H37N5O5S. The number of rotatable bonds is 8. The Hall–Kier alpha value is -2.47. The summed E-state index contributed by atoms with van der Waals surface area (Å²) in [5.74, 6) is 0.556. The largest absolute Gasteiger partial charge is 0.497 e. The number of nitrogens with zero attached hydrogens (tertiary/aromatic N) is 4. The maximum atomic E-state index is 13.0. The zero-order valence-electron chi connectivity index (χ0n) is 21.8. The fraction of sp³-hybridized carbons (Fsp3) is 0.600. The molecule has 0 saturated carbocycles. The molecule has 1 aromatic heterocycles. The number of benzene rings is 1. The highest BCUT2D eigenvalue weighted by Crippen LogP contribution is 2.26. The smallest absolute Gasteiger partial charge is 0.275 e. The van der Waals surface area contributed by atoms with Crippen molar-refractivity contribution in [3.05, 3.63) is 41.1 Å². The molecule has 10 nitrogen and oxygen atoms in total. The summed E-state index contributed by atoms with van der Waals surface area (Å²) in [6.07, 6.45) is 4.54. The minimum absolute atomic E-state index is 0.143. The molecule has 0 radical (unpaired) electrons. The number of hydrogen-bond donors (Lipinski definition) is 1. The molecule has 0 spiro atoms.